The summed E-state index contributed by atoms with van der Waals surface area (Å²) in [5.41, 5.74) is 0. The van der Waals surface area contributed by atoms with Crippen molar-refractivity contribution in [1.29, 1.82) is 0 Å². The second-order valence-corrected chi connectivity index (χ2v) is 5.55. The van der Waals surface area contributed by atoms with Crippen molar-refractivity contribution in [2.45, 2.75) is 83.5 Å². The molecule has 0 radical (unpaired) electrons. The molecule has 0 amide bonds. The summed E-state index contributed by atoms with van der Waals surface area (Å²) < 4.78 is 5.23. The lowest BCUT2D eigenvalue weighted by Crippen LogP contribution is -2.05. The monoisotopic (exact) mass is 266 g/mol. The van der Waals surface area contributed by atoms with Crippen molar-refractivity contribution in [3.63, 3.8) is 0 Å². The van der Waals surface area contributed by atoms with Crippen molar-refractivity contribution in [3.05, 3.63) is 12.2 Å². The smallest absolute Gasteiger partial charge is 0.305 e. The van der Waals surface area contributed by atoms with Gasteiger partial charge in [-0.05, 0) is 38.5 Å². The molecule has 1 heterocycles. The molecule has 0 atom stereocenters. The number of carbonyl (C=O) groups excluding carboxylic acids is 1. The molecule has 0 fully saturated rings. The lowest BCUT2D eigenvalue weighted by atomic mass is 10.1. The highest BCUT2D eigenvalue weighted by molar-refractivity contribution is 5.69. The quantitative estimate of drug-likeness (QED) is 0.446. The highest BCUT2D eigenvalue weighted by atomic mass is 16.5. The zero-order valence-corrected chi connectivity index (χ0v) is 12.4. The molecule has 1 aliphatic rings. The molecule has 0 aliphatic carbocycles. The van der Waals surface area contributed by atoms with Gasteiger partial charge >= 0.3 is 5.97 Å². The van der Waals surface area contributed by atoms with E-state index in [1.54, 1.807) is 0 Å². The predicted octanol–water partition coefficient (Wildman–Crippen LogP) is 5.17. The Labute approximate surface area is 118 Å². The Morgan fingerprint density at radius 3 is 1.89 bits per heavy atom. The fourth-order valence-electron chi connectivity index (χ4n) is 2.45. The van der Waals surface area contributed by atoms with Crippen LogP contribution >= 0.6 is 0 Å². The standard InChI is InChI=1S/C17H30O2/c18-17-15-13-11-9-7-5-3-1-2-4-6-8-10-12-14-16-19-17/h2,4H,1,3,5-16H2/b4-2-. The Balaban J connectivity index is 2.16. The van der Waals surface area contributed by atoms with Gasteiger partial charge in [0.15, 0.2) is 0 Å². The molecule has 0 unspecified atom stereocenters. The maximum Gasteiger partial charge on any atom is 0.305 e. The van der Waals surface area contributed by atoms with Crippen LogP contribution in [0.15, 0.2) is 12.2 Å². The molecule has 0 saturated carbocycles. The van der Waals surface area contributed by atoms with Gasteiger partial charge in [0.25, 0.3) is 0 Å². The van der Waals surface area contributed by atoms with E-state index in [4.69, 9.17) is 4.74 Å². The maximum atomic E-state index is 11.4. The van der Waals surface area contributed by atoms with Gasteiger partial charge in [-0.2, -0.15) is 0 Å². The number of hydrogen-bond donors (Lipinski definition) is 0. The molecule has 0 N–H and O–H groups in total. The van der Waals surface area contributed by atoms with E-state index in [-0.39, 0.29) is 5.97 Å². The van der Waals surface area contributed by atoms with E-state index in [1.807, 2.05) is 0 Å². The molecule has 0 saturated heterocycles. The van der Waals surface area contributed by atoms with Crippen molar-refractivity contribution >= 4 is 5.97 Å². The molecule has 0 spiro atoms. The van der Waals surface area contributed by atoms with Crippen LogP contribution in [0.25, 0.3) is 0 Å². The van der Waals surface area contributed by atoms with E-state index in [0.717, 1.165) is 12.8 Å². The molecule has 0 aromatic rings. The number of esters is 1. The Kier molecular flexibility index (Phi) is 10.5. The number of hydrogen-bond acceptors (Lipinski definition) is 2. The normalized spacial score (nSPS) is 23.9. The zero-order valence-electron chi connectivity index (χ0n) is 12.4. The maximum absolute atomic E-state index is 11.4. The van der Waals surface area contributed by atoms with Crippen LogP contribution in [-0.2, 0) is 9.53 Å². The van der Waals surface area contributed by atoms with Gasteiger partial charge in [0.2, 0.25) is 0 Å². The van der Waals surface area contributed by atoms with Crippen molar-refractivity contribution in [2.24, 2.45) is 0 Å². The summed E-state index contributed by atoms with van der Waals surface area (Å²) in [7, 11) is 0. The van der Waals surface area contributed by atoms with Crippen LogP contribution in [0.4, 0.5) is 0 Å². The van der Waals surface area contributed by atoms with E-state index >= 15 is 0 Å². The molecule has 0 aromatic carbocycles. The average Bonchev–Trinajstić information content (AvgIpc) is 2.41. The highest BCUT2D eigenvalue weighted by Gasteiger charge is 2.02. The second kappa shape index (κ2) is 12.3. The van der Waals surface area contributed by atoms with Crippen molar-refractivity contribution < 1.29 is 9.53 Å². The number of rotatable bonds is 0. The van der Waals surface area contributed by atoms with E-state index < -0.39 is 0 Å². The third-order valence-corrected chi connectivity index (χ3v) is 3.70. The van der Waals surface area contributed by atoms with Crippen LogP contribution in [0.3, 0.4) is 0 Å². The van der Waals surface area contributed by atoms with Crippen LogP contribution in [0.5, 0.6) is 0 Å². The zero-order chi connectivity index (χ0) is 13.6. The third-order valence-electron chi connectivity index (χ3n) is 3.70. The summed E-state index contributed by atoms with van der Waals surface area (Å²) in [6.07, 6.45) is 19.9. The van der Waals surface area contributed by atoms with E-state index in [9.17, 15) is 4.79 Å². The number of cyclic esters (lactones) is 1. The molecule has 2 heteroatoms. The number of carbonyl (C=O) groups is 1. The fourth-order valence-corrected chi connectivity index (χ4v) is 2.45. The molecule has 1 aliphatic heterocycles. The molecule has 0 bridgehead atoms. The van der Waals surface area contributed by atoms with Gasteiger partial charge < -0.3 is 4.74 Å². The highest BCUT2D eigenvalue weighted by Crippen LogP contribution is 2.11. The van der Waals surface area contributed by atoms with Gasteiger partial charge in [0, 0.05) is 6.42 Å². The van der Waals surface area contributed by atoms with Gasteiger partial charge in [-0.25, -0.2) is 0 Å². The Bertz CT molecular complexity index is 246. The minimum absolute atomic E-state index is 0.00375. The first-order valence-electron chi connectivity index (χ1n) is 8.20. The van der Waals surface area contributed by atoms with Crippen LogP contribution in [-0.4, -0.2) is 12.6 Å². The third kappa shape index (κ3) is 10.8. The van der Waals surface area contributed by atoms with E-state index in [2.05, 4.69) is 12.2 Å². The van der Waals surface area contributed by atoms with Crippen molar-refractivity contribution in [3.8, 4) is 0 Å². The first-order chi connectivity index (χ1) is 9.39. The van der Waals surface area contributed by atoms with Gasteiger partial charge in [0.1, 0.15) is 0 Å². The van der Waals surface area contributed by atoms with E-state index in [0.29, 0.717) is 13.0 Å². The molecule has 1 rings (SSSR count). The molecular weight excluding hydrogens is 236 g/mol. The predicted molar refractivity (Wildman–Crippen MR) is 80.1 cm³/mol. The topological polar surface area (TPSA) is 26.3 Å². The average molecular weight is 266 g/mol. The Morgan fingerprint density at radius 2 is 1.21 bits per heavy atom. The van der Waals surface area contributed by atoms with Crippen LogP contribution in [0, 0.1) is 0 Å². The first kappa shape index (κ1) is 16.3. The largest absolute Gasteiger partial charge is 0.466 e. The minimum Gasteiger partial charge on any atom is -0.466 e. The SMILES string of the molecule is O=C1CCCCCCCC/C=C\CCCCCCO1. The Morgan fingerprint density at radius 1 is 0.684 bits per heavy atom. The van der Waals surface area contributed by atoms with Crippen molar-refractivity contribution in [2.75, 3.05) is 6.61 Å². The first-order valence-corrected chi connectivity index (χ1v) is 8.20. The summed E-state index contributed by atoms with van der Waals surface area (Å²) in [4.78, 5) is 11.4. The van der Waals surface area contributed by atoms with Crippen LogP contribution in [0.1, 0.15) is 83.5 Å². The molecule has 0 aromatic heterocycles. The fraction of sp³-hybridized carbons (Fsp3) is 0.824. The lowest BCUT2D eigenvalue weighted by Gasteiger charge is -2.05. The van der Waals surface area contributed by atoms with E-state index in [1.165, 1.54) is 64.2 Å². The van der Waals surface area contributed by atoms with Gasteiger partial charge in [-0.15, -0.1) is 0 Å². The van der Waals surface area contributed by atoms with Gasteiger partial charge in [0.05, 0.1) is 6.61 Å². The molecular formula is C17H30O2. The summed E-state index contributed by atoms with van der Waals surface area (Å²) >= 11 is 0. The molecule has 2 nitrogen and oxygen atoms in total. The molecule has 110 valence electrons. The van der Waals surface area contributed by atoms with Gasteiger partial charge in [-0.1, -0.05) is 50.7 Å². The molecule has 19 heavy (non-hydrogen) atoms. The number of allylic oxidation sites excluding steroid dienone is 2. The Hall–Kier alpha value is -0.790. The number of ether oxygens (including phenoxy) is 1. The summed E-state index contributed by atoms with van der Waals surface area (Å²) in [6, 6.07) is 0. The van der Waals surface area contributed by atoms with Crippen molar-refractivity contribution in [1.82, 2.24) is 0 Å². The summed E-state index contributed by atoms with van der Waals surface area (Å²) in [6.45, 7) is 0.620. The lowest BCUT2D eigenvalue weighted by molar-refractivity contribution is -0.143. The van der Waals surface area contributed by atoms with Crippen LogP contribution < -0.4 is 0 Å². The van der Waals surface area contributed by atoms with Crippen LogP contribution in [0.2, 0.25) is 0 Å². The van der Waals surface area contributed by atoms with Gasteiger partial charge in [-0.3, -0.25) is 4.79 Å². The minimum atomic E-state index is 0.00375. The summed E-state index contributed by atoms with van der Waals surface area (Å²) in [5.74, 6) is 0.00375. The summed E-state index contributed by atoms with van der Waals surface area (Å²) in [5, 5.41) is 0. The second-order valence-electron chi connectivity index (χ2n) is 5.55.